The summed E-state index contributed by atoms with van der Waals surface area (Å²) in [4.78, 5) is 11.5. The second-order valence-electron chi connectivity index (χ2n) is 5.47. The van der Waals surface area contributed by atoms with Crippen LogP contribution >= 0.6 is 0 Å². The number of aliphatic hydroxyl groups is 1. The highest BCUT2D eigenvalue weighted by molar-refractivity contribution is 5.74. The first-order valence-corrected chi connectivity index (χ1v) is 6.00. The van der Waals surface area contributed by atoms with Crippen LogP contribution in [0.2, 0.25) is 0 Å². The van der Waals surface area contributed by atoms with Gasteiger partial charge < -0.3 is 20.2 Å². The predicted octanol–water partition coefficient (Wildman–Crippen LogP) is 2.03. The van der Waals surface area contributed by atoms with Crippen LogP contribution in [0.1, 0.15) is 44.0 Å². The number of aryl methyl sites for hydroxylation is 2. The quantitative estimate of drug-likeness (QED) is 0.772. The number of urea groups is 1. The average Bonchev–Trinajstić information content (AvgIpc) is 2.52. The van der Waals surface area contributed by atoms with Crippen molar-refractivity contribution in [1.29, 1.82) is 0 Å². The van der Waals surface area contributed by atoms with E-state index in [0.717, 1.165) is 5.76 Å². The Morgan fingerprint density at radius 3 is 2.50 bits per heavy atom. The Kier molecular flexibility index (Phi) is 4.40. The van der Waals surface area contributed by atoms with E-state index in [4.69, 9.17) is 4.42 Å². The van der Waals surface area contributed by atoms with Gasteiger partial charge in [0.1, 0.15) is 11.5 Å². The molecule has 0 aliphatic heterocycles. The standard InChI is InChI=1S/C13H22N2O3/c1-8-6-10(9(2)18-8)11(16)7-14-12(17)15-13(3,4)5/h6,11,16H,7H2,1-5H3,(H2,14,15,17). The molecule has 1 rings (SSSR count). The molecule has 0 aliphatic rings. The van der Waals surface area contributed by atoms with Gasteiger partial charge in [-0.25, -0.2) is 4.79 Å². The van der Waals surface area contributed by atoms with Crippen LogP contribution in [0.4, 0.5) is 4.79 Å². The number of nitrogens with one attached hydrogen (secondary N) is 2. The third-order valence-corrected chi connectivity index (χ3v) is 2.38. The van der Waals surface area contributed by atoms with Gasteiger partial charge in [0.15, 0.2) is 0 Å². The number of hydrogen-bond donors (Lipinski definition) is 3. The van der Waals surface area contributed by atoms with Gasteiger partial charge in [0.2, 0.25) is 0 Å². The van der Waals surface area contributed by atoms with Crippen molar-refractivity contribution in [3.8, 4) is 0 Å². The molecule has 5 heteroatoms. The molecule has 0 saturated heterocycles. The minimum atomic E-state index is -0.756. The highest BCUT2D eigenvalue weighted by Crippen LogP contribution is 2.20. The fraction of sp³-hybridized carbons (Fsp3) is 0.615. The summed E-state index contributed by atoms with van der Waals surface area (Å²) in [6.07, 6.45) is -0.756. The number of rotatable bonds is 3. The van der Waals surface area contributed by atoms with Crippen molar-refractivity contribution in [3.63, 3.8) is 0 Å². The maximum atomic E-state index is 11.5. The normalized spacial score (nSPS) is 13.2. The summed E-state index contributed by atoms with van der Waals surface area (Å²) in [5.74, 6) is 1.43. The average molecular weight is 254 g/mol. The molecule has 1 unspecified atom stereocenters. The molecular weight excluding hydrogens is 232 g/mol. The van der Waals surface area contributed by atoms with Gasteiger partial charge in [0.25, 0.3) is 0 Å². The Balaban J connectivity index is 2.49. The molecule has 3 N–H and O–H groups in total. The first-order valence-electron chi connectivity index (χ1n) is 6.00. The summed E-state index contributed by atoms with van der Waals surface area (Å²) >= 11 is 0. The molecule has 1 atom stereocenters. The Hall–Kier alpha value is -1.49. The smallest absolute Gasteiger partial charge is 0.315 e. The van der Waals surface area contributed by atoms with Crippen molar-refractivity contribution >= 4 is 6.03 Å². The van der Waals surface area contributed by atoms with Crippen molar-refractivity contribution in [2.75, 3.05) is 6.54 Å². The summed E-state index contributed by atoms with van der Waals surface area (Å²) in [5, 5.41) is 15.4. The number of furan rings is 1. The molecule has 1 aromatic heterocycles. The Morgan fingerprint density at radius 2 is 2.06 bits per heavy atom. The van der Waals surface area contributed by atoms with E-state index in [1.54, 1.807) is 13.0 Å². The zero-order chi connectivity index (χ0) is 13.9. The van der Waals surface area contributed by atoms with Gasteiger partial charge in [-0.05, 0) is 40.7 Å². The molecule has 2 amide bonds. The van der Waals surface area contributed by atoms with Crippen LogP contribution in [0.5, 0.6) is 0 Å². The van der Waals surface area contributed by atoms with E-state index in [2.05, 4.69) is 10.6 Å². The van der Waals surface area contributed by atoms with Gasteiger partial charge in [-0.2, -0.15) is 0 Å². The molecule has 0 fully saturated rings. The van der Waals surface area contributed by atoms with E-state index in [-0.39, 0.29) is 18.1 Å². The van der Waals surface area contributed by atoms with Crippen LogP contribution in [0.25, 0.3) is 0 Å². The van der Waals surface area contributed by atoms with Crippen molar-refractivity contribution in [2.45, 2.75) is 46.3 Å². The summed E-state index contributed by atoms with van der Waals surface area (Å²) in [7, 11) is 0. The van der Waals surface area contributed by atoms with E-state index < -0.39 is 6.10 Å². The van der Waals surface area contributed by atoms with Gasteiger partial charge in [0, 0.05) is 17.6 Å². The van der Waals surface area contributed by atoms with Crippen molar-refractivity contribution in [3.05, 3.63) is 23.2 Å². The molecule has 102 valence electrons. The van der Waals surface area contributed by atoms with Crippen molar-refractivity contribution in [2.24, 2.45) is 0 Å². The van der Waals surface area contributed by atoms with Crippen molar-refractivity contribution < 1.29 is 14.3 Å². The molecule has 0 bridgehead atoms. The highest BCUT2D eigenvalue weighted by atomic mass is 16.3. The summed E-state index contributed by atoms with van der Waals surface area (Å²) in [6, 6.07) is 1.49. The highest BCUT2D eigenvalue weighted by Gasteiger charge is 2.17. The van der Waals surface area contributed by atoms with E-state index in [1.807, 2.05) is 27.7 Å². The second-order valence-corrected chi connectivity index (χ2v) is 5.47. The zero-order valence-electron chi connectivity index (χ0n) is 11.6. The molecule has 0 aromatic carbocycles. The lowest BCUT2D eigenvalue weighted by Gasteiger charge is -2.21. The van der Waals surface area contributed by atoms with Crippen molar-refractivity contribution in [1.82, 2.24) is 10.6 Å². The largest absolute Gasteiger partial charge is 0.466 e. The van der Waals surface area contributed by atoms with E-state index >= 15 is 0 Å². The molecule has 0 aliphatic carbocycles. The molecule has 0 saturated carbocycles. The lowest BCUT2D eigenvalue weighted by Crippen LogP contribution is -2.47. The molecular formula is C13H22N2O3. The van der Waals surface area contributed by atoms with E-state index in [0.29, 0.717) is 11.3 Å². The number of carbonyl (C=O) groups is 1. The number of amides is 2. The predicted molar refractivity (Wildman–Crippen MR) is 69.4 cm³/mol. The number of hydrogen-bond acceptors (Lipinski definition) is 3. The molecule has 18 heavy (non-hydrogen) atoms. The molecule has 0 radical (unpaired) electrons. The van der Waals surface area contributed by atoms with Gasteiger partial charge in [-0.3, -0.25) is 0 Å². The van der Waals surface area contributed by atoms with Crippen LogP contribution in [0.15, 0.2) is 10.5 Å². The Morgan fingerprint density at radius 1 is 1.44 bits per heavy atom. The fourth-order valence-electron chi connectivity index (χ4n) is 1.67. The van der Waals surface area contributed by atoms with E-state index in [1.165, 1.54) is 0 Å². The van der Waals surface area contributed by atoms with Gasteiger partial charge >= 0.3 is 6.03 Å². The SMILES string of the molecule is Cc1cc(C(O)CNC(=O)NC(C)(C)C)c(C)o1. The third-order valence-electron chi connectivity index (χ3n) is 2.38. The monoisotopic (exact) mass is 254 g/mol. The van der Waals surface area contributed by atoms with Crippen LogP contribution in [-0.4, -0.2) is 23.2 Å². The lowest BCUT2D eigenvalue weighted by molar-refractivity contribution is 0.170. The second kappa shape index (κ2) is 5.44. The van der Waals surface area contributed by atoms with Gasteiger partial charge in [-0.15, -0.1) is 0 Å². The number of carbonyl (C=O) groups excluding carboxylic acids is 1. The molecule has 1 aromatic rings. The van der Waals surface area contributed by atoms with Crippen LogP contribution in [-0.2, 0) is 0 Å². The Labute approximate surface area is 108 Å². The maximum absolute atomic E-state index is 11.5. The third kappa shape index (κ3) is 4.41. The topological polar surface area (TPSA) is 74.5 Å². The fourth-order valence-corrected chi connectivity index (χ4v) is 1.67. The summed E-state index contributed by atoms with van der Waals surface area (Å²) < 4.78 is 5.33. The lowest BCUT2D eigenvalue weighted by atomic mass is 10.1. The van der Waals surface area contributed by atoms with Gasteiger partial charge in [-0.1, -0.05) is 0 Å². The number of aliphatic hydroxyl groups excluding tert-OH is 1. The Bertz CT molecular complexity index is 418. The molecule has 1 heterocycles. The van der Waals surface area contributed by atoms with Crippen LogP contribution in [0.3, 0.4) is 0 Å². The molecule has 0 spiro atoms. The molecule has 5 nitrogen and oxygen atoms in total. The van der Waals surface area contributed by atoms with Gasteiger partial charge in [0.05, 0.1) is 6.10 Å². The van der Waals surface area contributed by atoms with E-state index in [9.17, 15) is 9.90 Å². The summed E-state index contributed by atoms with van der Waals surface area (Å²) in [5.41, 5.74) is 0.417. The summed E-state index contributed by atoms with van der Waals surface area (Å²) in [6.45, 7) is 9.46. The minimum Gasteiger partial charge on any atom is -0.466 e. The van der Waals surface area contributed by atoms with Crippen LogP contribution < -0.4 is 10.6 Å². The first-order chi connectivity index (χ1) is 8.19. The first kappa shape index (κ1) is 14.6. The van der Waals surface area contributed by atoms with Crippen LogP contribution in [0, 0.1) is 13.8 Å². The minimum absolute atomic E-state index is 0.154. The zero-order valence-corrected chi connectivity index (χ0v) is 11.6. The maximum Gasteiger partial charge on any atom is 0.315 e.